The molecule has 3 N–H and O–H groups in total. The first-order valence-electron chi connectivity index (χ1n) is 3.44. The normalized spacial score (nSPS) is 36.7. The smallest absolute Gasteiger partial charge is 0.307 e. The Morgan fingerprint density at radius 3 is 2.30 bits per heavy atom. The topological polar surface area (TPSA) is 63.3 Å². The predicted octanol–water partition coefficient (Wildman–Crippen LogP) is 0.444. The molecule has 0 unspecified atom stereocenters. The maximum atomic E-state index is 10.5. The monoisotopic (exact) mass is 143 g/mol. The van der Waals surface area contributed by atoms with E-state index in [0.717, 1.165) is 0 Å². The van der Waals surface area contributed by atoms with Gasteiger partial charge in [0.25, 0.3) is 0 Å². The molecule has 0 aromatic heterocycles. The van der Waals surface area contributed by atoms with Crippen molar-refractivity contribution >= 4 is 5.97 Å². The summed E-state index contributed by atoms with van der Waals surface area (Å²) in [5.41, 5.74) is 5.42. The van der Waals surface area contributed by atoms with Gasteiger partial charge in [-0.05, 0) is 11.8 Å². The van der Waals surface area contributed by atoms with Gasteiger partial charge < -0.3 is 10.8 Å². The third-order valence-corrected chi connectivity index (χ3v) is 2.64. The lowest BCUT2D eigenvalue weighted by Crippen LogP contribution is -2.57. The van der Waals surface area contributed by atoms with Crippen LogP contribution in [0, 0.1) is 11.3 Å². The summed E-state index contributed by atoms with van der Waals surface area (Å²) in [7, 11) is 0. The van der Waals surface area contributed by atoms with Crippen molar-refractivity contribution in [3.63, 3.8) is 0 Å². The van der Waals surface area contributed by atoms with Crippen molar-refractivity contribution in [2.75, 3.05) is 0 Å². The molecule has 0 bridgehead atoms. The minimum absolute atomic E-state index is 0.0635. The summed E-state index contributed by atoms with van der Waals surface area (Å²) in [5.74, 6) is -0.950. The fourth-order valence-corrected chi connectivity index (χ4v) is 1.38. The molecular weight excluding hydrogens is 130 g/mol. The second-order valence-electron chi connectivity index (χ2n) is 3.55. The summed E-state index contributed by atoms with van der Waals surface area (Å²) in [6, 6.07) is 0.0635. The van der Waals surface area contributed by atoms with E-state index >= 15 is 0 Å². The first-order valence-corrected chi connectivity index (χ1v) is 3.44. The van der Waals surface area contributed by atoms with Crippen molar-refractivity contribution in [2.24, 2.45) is 17.1 Å². The van der Waals surface area contributed by atoms with Gasteiger partial charge in [-0.25, -0.2) is 0 Å². The lowest BCUT2D eigenvalue weighted by Gasteiger charge is -2.47. The third-order valence-electron chi connectivity index (χ3n) is 2.64. The van der Waals surface area contributed by atoms with E-state index in [1.54, 1.807) is 0 Å². The first-order chi connectivity index (χ1) is 4.46. The Bertz CT molecular complexity index is 165. The molecule has 0 aromatic rings. The Kier molecular flexibility index (Phi) is 1.47. The summed E-state index contributed by atoms with van der Waals surface area (Å²) in [4.78, 5) is 10.5. The molecule has 0 aromatic carbocycles. The van der Waals surface area contributed by atoms with E-state index in [9.17, 15) is 4.79 Å². The standard InChI is InChI=1S/C7H13NO2/c1-7(2)4(6(9)10)3-5(7)8/h4-5H,3,8H2,1-2H3,(H,9,10)/t4-,5-/m0/s1. The highest BCUT2D eigenvalue weighted by Crippen LogP contribution is 2.44. The summed E-state index contributed by atoms with van der Waals surface area (Å²) in [6.45, 7) is 3.81. The van der Waals surface area contributed by atoms with Crippen LogP contribution in [0.3, 0.4) is 0 Å². The molecule has 0 saturated heterocycles. The summed E-state index contributed by atoms with van der Waals surface area (Å²) in [6.07, 6.45) is 0.627. The van der Waals surface area contributed by atoms with Crippen LogP contribution in [0.2, 0.25) is 0 Å². The van der Waals surface area contributed by atoms with E-state index in [1.807, 2.05) is 13.8 Å². The highest BCUT2D eigenvalue weighted by molar-refractivity contribution is 5.72. The number of aliphatic carboxylic acids is 1. The van der Waals surface area contributed by atoms with Gasteiger partial charge in [-0.15, -0.1) is 0 Å². The quantitative estimate of drug-likeness (QED) is 0.560. The second kappa shape index (κ2) is 1.95. The molecule has 3 heteroatoms. The first kappa shape index (κ1) is 7.54. The van der Waals surface area contributed by atoms with Gasteiger partial charge in [0.1, 0.15) is 0 Å². The van der Waals surface area contributed by atoms with Gasteiger partial charge in [0.05, 0.1) is 5.92 Å². The number of carbonyl (C=O) groups is 1. The van der Waals surface area contributed by atoms with Gasteiger partial charge in [0.15, 0.2) is 0 Å². The van der Waals surface area contributed by atoms with Crippen LogP contribution in [0.15, 0.2) is 0 Å². The van der Waals surface area contributed by atoms with Gasteiger partial charge in [0.2, 0.25) is 0 Å². The lowest BCUT2D eigenvalue weighted by molar-refractivity contribution is -0.153. The molecule has 0 heterocycles. The molecule has 1 aliphatic carbocycles. The van der Waals surface area contributed by atoms with Crippen LogP contribution in [-0.2, 0) is 4.79 Å². The van der Waals surface area contributed by atoms with Crippen molar-refractivity contribution in [2.45, 2.75) is 26.3 Å². The Morgan fingerprint density at radius 1 is 1.70 bits per heavy atom. The largest absolute Gasteiger partial charge is 0.481 e. The number of nitrogens with two attached hydrogens (primary N) is 1. The van der Waals surface area contributed by atoms with E-state index in [2.05, 4.69) is 0 Å². The molecule has 0 spiro atoms. The second-order valence-corrected chi connectivity index (χ2v) is 3.55. The van der Waals surface area contributed by atoms with Crippen LogP contribution in [0.25, 0.3) is 0 Å². The molecule has 0 aliphatic heterocycles. The molecule has 58 valence electrons. The summed E-state index contributed by atoms with van der Waals surface area (Å²) in [5, 5.41) is 8.63. The van der Waals surface area contributed by atoms with Crippen molar-refractivity contribution < 1.29 is 9.90 Å². The SMILES string of the molecule is CC1(C)[C@@H](N)C[C@H]1C(=O)O. The zero-order valence-electron chi connectivity index (χ0n) is 6.29. The van der Waals surface area contributed by atoms with Crippen molar-refractivity contribution in [3.05, 3.63) is 0 Å². The van der Waals surface area contributed by atoms with E-state index in [-0.39, 0.29) is 17.4 Å². The highest BCUT2D eigenvalue weighted by Gasteiger charge is 2.49. The van der Waals surface area contributed by atoms with Crippen molar-refractivity contribution in [3.8, 4) is 0 Å². The van der Waals surface area contributed by atoms with Crippen LogP contribution in [-0.4, -0.2) is 17.1 Å². The Labute approximate surface area is 60.2 Å². The Morgan fingerprint density at radius 2 is 2.20 bits per heavy atom. The zero-order chi connectivity index (χ0) is 7.94. The molecule has 1 aliphatic rings. The van der Waals surface area contributed by atoms with Gasteiger partial charge >= 0.3 is 5.97 Å². The number of carboxylic acid groups (broad SMARTS) is 1. The molecule has 1 rings (SSSR count). The van der Waals surface area contributed by atoms with Gasteiger partial charge in [-0.3, -0.25) is 4.79 Å². The lowest BCUT2D eigenvalue weighted by atomic mass is 9.59. The highest BCUT2D eigenvalue weighted by atomic mass is 16.4. The molecular formula is C7H13NO2. The molecule has 10 heavy (non-hydrogen) atoms. The van der Waals surface area contributed by atoms with Crippen molar-refractivity contribution in [1.82, 2.24) is 0 Å². The van der Waals surface area contributed by atoms with Gasteiger partial charge in [-0.1, -0.05) is 13.8 Å². The number of hydrogen-bond acceptors (Lipinski definition) is 2. The fraction of sp³-hybridized carbons (Fsp3) is 0.857. The minimum atomic E-state index is -0.716. The average Bonchev–Trinajstić information content (AvgIpc) is 1.82. The number of rotatable bonds is 1. The molecule has 3 nitrogen and oxygen atoms in total. The average molecular weight is 143 g/mol. The summed E-state index contributed by atoms with van der Waals surface area (Å²) >= 11 is 0. The van der Waals surface area contributed by atoms with Gasteiger partial charge in [-0.2, -0.15) is 0 Å². The van der Waals surface area contributed by atoms with E-state index in [0.29, 0.717) is 6.42 Å². The van der Waals surface area contributed by atoms with E-state index in [1.165, 1.54) is 0 Å². The third kappa shape index (κ3) is 0.814. The zero-order valence-corrected chi connectivity index (χ0v) is 6.29. The number of hydrogen-bond donors (Lipinski definition) is 2. The van der Waals surface area contributed by atoms with Crippen molar-refractivity contribution in [1.29, 1.82) is 0 Å². The van der Waals surface area contributed by atoms with Crippen LogP contribution in [0.1, 0.15) is 20.3 Å². The van der Waals surface area contributed by atoms with Crippen LogP contribution in [0.4, 0.5) is 0 Å². The van der Waals surface area contributed by atoms with Crippen LogP contribution in [0.5, 0.6) is 0 Å². The Balaban J connectivity index is 2.63. The maximum absolute atomic E-state index is 10.5. The molecule has 1 saturated carbocycles. The van der Waals surface area contributed by atoms with Gasteiger partial charge in [0, 0.05) is 6.04 Å². The van der Waals surface area contributed by atoms with Crippen LogP contribution >= 0.6 is 0 Å². The number of carboxylic acids is 1. The molecule has 0 amide bonds. The van der Waals surface area contributed by atoms with E-state index < -0.39 is 5.97 Å². The minimum Gasteiger partial charge on any atom is -0.481 e. The Hall–Kier alpha value is -0.570. The molecule has 2 atom stereocenters. The fourth-order valence-electron chi connectivity index (χ4n) is 1.38. The summed E-state index contributed by atoms with van der Waals surface area (Å²) < 4.78 is 0. The molecule has 1 fully saturated rings. The molecule has 0 radical (unpaired) electrons. The predicted molar refractivity (Wildman–Crippen MR) is 37.5 cm³/mol. The van der Waals surface area contributed by atoms with Crippen LogP contribution < -0.4 is 5.73 Å². The van der Waals surface area contributed by atoms with E-state index in [4.69, 9.17) is 10.8 Å². The maximum Gasteiger partial charge on any atom is 0.307 e.